The zero-order valence-corrected chi connectivity index (χ0v) is 14.5. The molecule has 0 heterocycles. The Balaban J connectivity index is 0.000000380. The van der Waals surface area contributed by atoms with Crippen molar-refractivity contribution in [3.8, 4) is 11.5 Å². The number of urea groups is 1. The highest BCUT2D eigenvalue weighted by Crippen LogP contribution is 2.22. The predicted octanol–water partition coefficient (Wildman–Crippen LogP) is 2.82. The zero-order valence-electron chi connectivity index (χ0n) is 14.5. The second kappa shape index (κ2) is 9.71. The molecule has 0 aliphatic rings. The molecule has 6 N–H and O–H groups in total. The second-order valence-electron chi connectivity index (χ2n) is 5.38. The van der Waals surface area contributed by atoms with Crippen LogP contribution in [0.15, 0.2) is 84.9 Å². The van der Waals surface area contributed by atoms with E-state index in [0.29, 0.717) is 22.0 Å². The van der Waals surface area contributed by atoms with Crippen molar-refractivity contribution in [1.29, 1.82) is 0 Å². The van der Waals surface area contributed by atoms with Crippen LogP contribution in [0.2, 0.25) is 0 Å². The number of ketones is 1. The largest absolute Gasteiger partial charge is 0.457 e. The van der Waals surface area contributed by atoms with Crippen molar-refractivity contribution in [3.63, 3.8) is 0 Å². The summed E-state index contributed by atoms with van der Waals surface area (Å²) in [5.41, 5.74) is 5.77. The number of hydrogen-bond acceptors (Lipinski definition) is 5. The van der Waals surface area contributed by atoms with E-state index in [1.54, 1.807) is 12.1 Å². The van der Waals surface area contributed by atoms with Gasteiger partial charge in [-0.3, -0.25) is 4.79 Å². The van der Waals surface area contributed by atoms with Crippen molar-refractivity contribution in [3.05, 3.63) is 96.1 Å². The third-order valence-electron chi connectivity index (χ3n) is 3.37. The summed E-state index contributed by atoms with van der Waals surface area (Å²) >= 11 is 0. The Morgan fingerprint density at radius 1 is 0.704 bits per heavy atom. The maximum absolute atomic E-state index is 12.4. The van der Waals surface area contributed by atoms with Gasteiger partial charge in [-0.25, -0.2) is 16.5 Å². The van der Waals surface area contributed by atoms with Gasteiger partial charge in [0.2, 0.25) is 0 Å². The summed E-state index contributed by atoms with van der Waals surface area (Å²) in [7, 11) is 0. The number of primary amides is 1. The van der Waals surface area contributed by atoms with Crippen molar-refractivity contribution in [2.45, 2.75) is 0 Å². The van der Waals surface area contributed by atoms with Crippen LogP contribution in [0.3, 0.4) is 0 Å². The van der Waals surface area contributed by atoms with Crippen LogP contribution < -0.4 is 22.2 Å². The van der Waals surface area contributed by atoms with Gasteiger partial charge in [-0.15, -0.1) is 0 Å². The highest BCUT2D eigenvalue weighted by atomic mass is 16.5. The molecule has 0 saturated carbocycles. The van der Waals surface area contributed by atoms with Gasteiger partial charge in [-0.2, -0.15) is 5.12 Å². The summed E-state index contributed by atoms with van der Waals surface area (Å²) in [5.74, 6) is 10.5. The molecular formula is C20H20N4O3. The molecule has 0 unspecified atom stereocenters. The SMILES string of the molecule is NC(=O)N(N)N.O=C(c1ccccc1)c1cccc(Oc2ccccc2)c1. The number of hydrazine groups is 2. The number of rotatable bonds is 4. The van der Waals surface area contributed by atoms with E-state index in [1.807, 2.05) is 72.8 Å². The number of ether oxygens (including phenoxy) is 1. The third-order valence-corrected chi connectivity index (χ3v) is 3.37. The summed E-state index contributed by atoms with van der Waals surface area (Å²) in [6.45, 7) is 0. The molecule has 3 rings (SSSR count). The molecule has 0 atom stereocenters. The molecule has 7 nitrogen and oxygen atoms in total. The molecule has 0 aliphatic carbocycles. The highest BCUT2D eigenvalue weighted by molar-refractivity contribution is 6.09. The van der Waals surface area contributed by atoms with Crippen LogP contribution in [0.5, 0.6) is 11.5 Å². The van der Waals surface area contributed by atoms with Crippen LogP contribution in [0, 0.1) is 0 Å². The lowest BCUT2D eigenvalue weighted by atomic mass is 10.0. The van der Waals surface area contributed by atoms with E-state index in [-0.39, 0.29) is 5.78 Å². The van der Waals surface area contributed by atoms with Gasteiger partial charge in [-0.05, 0) is 24.3 Å². The number of amides is 2. The third kappa shape index (κ3) is 6.28. The number of carbonyl (C=O) groups is 2. The highest BCUT2D eigenvalue weighted by Gasteiger charge is 2.09. The monoisotopic (exact) mass is 364 g/mol. The summed E-state index contributed by atoms with van der Waals surface area (Å²) in [4.78, 5) is 22.0. The topological polar surface area (TPSA) is 125 Å². The minimum atomic E-state index is -0.852. The van der Waals surface area contributed by atoms with Crippen LogP contribution in [-0.2, 0) is 0 Å². The average molecular weight is 364 g/mol. The molecule has 2 amide bonds. The molecule has 3 aromatic carbocycles. The lowest BCUT2D eigenvalue weighted by Gasteiger charge is -2.07. The molecule has 0 fully saturated rings. The number of hydrogen-bond donors (Lipinski definition) is 3. The first kappa shape index (κ1) is 19.6. The molecule has 0 bridgehead atoms. The Labute approximate surface area is 156 Å². The van der Waals surface area contributed by atoms with E-state index in [9.17, 15) is 9.59 Å². The summed E-state index contributed by atoms with van der Waals surface area (Å²) in [5, 5.41) is 0.306. The molecule has 0 aromatic heterocycles. The Morgan fingerprint density at radius 2 is 1.19 bits per heavy atom. The normalized spacial score (nSPS) is 9.56. The number of para-hydroxylation sites is 1. The maximum atomic E-state index is 12.4. The Bertz CT molecular complexity index is 884. The maximum Gasteiger partial charge on any atom is 0.343 e. The van der Waals surface area contributed by atoms with Crippen LogP contribution >= 0.6 is 0 Å². The standard InChI is InChI=1S/C19H14O2.CH6N4O/c20-19(15-8-3-1-4-9-15)16-10-7-13-18(14-16)21-17-11-5-2-6-12-17;2-1(6)5(3)4/h1-14H;3-4H2,(H2,2,6). The lowest BCUT2D eigenvalue weighted by Crippen LogP contribution is -2.46. The van der Waals surface area contributed by atoms with Gasteiger partial charge in [0.05, 0.1) is 0 Å². The number of carbonyl (C=O) groups excluding carboxylic acids is 2. The van der Waals surface area contributed by atoms with Gasteiger partial charge in [0.25, 0.3) is 0 Å². The Kier molecular flexibility index (Phi) is 7.07. The van der Waals surface area contributed by atoms with Gasteiger partial charge >= 0.3 is 6.03 Å². The van der Waals surface area contributed by atoms with Crippen LogP contribution in [0.25, 0.3) is 0 Å². The minimum absolute atomic E-state index is 0.00545. The summed E-state index contributed by atoms with van der Waals surface area (Å²) in [6.07, 6.45) is 0. The number of nitrogens with zero attached hydrogens (tertiary/aromatic N) is 1. The summed E-state index contributed by atoms with van der Waals surface area (Å²) < 4.78 is 5.75. The predicted molar refractivity (Wildman–Crippen MR) is 103 cm³/mol. The molecule has 3 aromatic rings. The van der Waals surface area contributed by atoms with Gasteiger partial charge in [-0.1, -0.05) is 60.7 Å². The van der Waals surface area contributed by atoms with Crippen molar-refractivity contribution in [2.75, 3.05) is 0 Å². The number of benzene rings is 3. The molecule has 0 radical (unpaired) electrons. The van der Waals surface area contributed by atoms with Crippen LogP contribution in [0.4, 0.5) is 4.79 Å². The molecule has 0 saturated heterocycles. The first-order valence-electron chi connectivity index (χ1n) is 7.99. The molecular weight excluding hydrogens is 344 g/mol. The van der Waals surface area contributed by atoms with Gasteiger partial charge in [0, 0.05) is 11.1 Å². The second-order valence-corrected chi connectivity index (χ2v) is 5.38. The zero-order chi connectivity index (χ0) is 19.6. The van der Waals surface area contributed by atoms with E-state index in [4.69, 9.17) is 4.74 Å². The van der Waals surface area contributed by atoms with Crippen LogP contribution in [-0.4, -0.2) is 16.9 Å². The average Bonchev–Trinajstić information content (AvgIpc) is 2.69. The van der Waals surface area contributed by atoms with Crippen molar-refractivity contribution in [1.82, 2.24) is 5.12 Å². The Hall–Kier alpha value is -3.68. The van der Waals surface area contributed by atoms with Gasteiger partial charge < -0.3 is 10.5 Å². The van der Waals surface area contributed by atoms with E-state index in [2.05, 4.69) is 17.4 Å². The van der Waals surface area contributed by atoms with Crippen molar-refractivity contribution >= 4 is 11.8 Å². The molecule has 27 heavy (non-hydrogen) atoms. The van der Waals surface area contributed by atoms with Crippen molar-refractivity contribution in [2.24, 2.45) is 17.4 Å². The summed E-state index contributed by atoms with van der Waals surface area (Å²) in [6, 6.07) is 25.1. The first-order chi connectivity index (χ1) is 13.0. The van der Waals surface area contributed by atoms with E-state index in [1.165, 1.54) is 0 Å². The van der Waals surface area contributed by atoms with E-state index in [0.717, 1.165) is 5.75 Å². The first-order valence-corrected chi connectivity index (χ1v) is 7.99. The molecule has 7 heteroatoms. The quantitative estimate of drug-likeness (QED) is 0.284. The fraction of sp³-hybridized carbons (Fsp3) is 0. The Morgan fingerprint density at radius 3 is 1.74 bits per heavy atom. The van der Waals surface area contributed by atoms with Crippen molar-refractivity contribution < 1.29 is 14.3 Å². The fourth-order valence-corrected chi connectivity index (χ4v) is 2.08. The molecule has 0 aliphatic heterocycles. The van der Waals surface area contributed by atoms with E-state index >= 15 is 0 Å². The fourth-order valence-electron chi connectivity index (χ4n) is 2.08. The van der Waals surface area contributed by atoms with Gasteiger partial charge in [0.1, 0.15) is 11.5 Å². The minimum Gasteiger partial charge on any atom is -0.457 e. The van der Waals surface area contributed by atoms with Crippen LogP contribution in [0.1, 0.15) is 15.9 Å². The van der Waals surface area contributed by atoms with Gasteiger partial charge in [0.15, 0.2) is 5.78 Å². The number of nitrogens with two attached hydrogens (primary N) is 3. The van der Waals surface area contributed by atoms with E-state index < -0.39 is 6.03 Å². The molecule has 138 valence electrons. The molecule has 0 spiro atoms. The smallest absolute Gasteiger partial charge is 0.343 e. The lowest BCUT2D eigenvalue weighted by molar-refractivity contribution is 0.103.